The Morgan fingerprint density at radius 1 is 1.58 bits per heavy atom. The van der Waals surface area contributed by atoms with Crippen LogP contribution in [0, 0.1) is 5.92 Å². The fourth-order valence-corrected chi connectivity index (χ4v) is 2.06. The van der Waals surface area contributed by atoms with Gasteiger partial charge in [-0.1, -0.05) is 13.3 Å². The van der Waals surface area contributed by atoms with Crippen LogP contribution in [-0.2, 0) is 11.3 Å². The van der Waals surface area contributed by atoms with Gasteiger partial charge in [0.2, 0.25) is 0 Å². The Bertz CT molecular complexity index is 432. The quantitative estimate of drug-likeness (QED) is 0.731. The molecule has 0 saturated carbocycles. The fraction of sp³-hybridized carbons (Fsp3) is 0.692. The molecule has 5 nitrogen and oxygen atoms in total. The number of likely N-dealkylation sites (N-methyl/N-ethyl adjacent to an activating group) is 1. The number of nitrogens with zero attached hydrogens (tertiary/aromatic N) is 3. The molecule has 0 saturated heterocycles. The van der Waals surface area contributed by atoms with Gasteiger partial charge in [0, 0.05) is 33.3 Å². The molecule has 1 heterocycles. The summed E-state index contributed by atoms with van der Waals surface area (Å²) in [5.41, 5.74) is 0.749. The summed E-state index contributed by atoms with van der Waals surface area (Å²) in [6.45, 7) is 4.08. The van der Waals surface area contributed by atoms with Crippen LogP contribution in [0.4, 0.5) is 5.69 Å². The molecule has 1 rings (SSSR count). The minimum atomic E-state index is -0.0676. The van der Waals surface area contributed by atoms with Crippen LogP contribution in [-0.4, -0.2) is 42.8 Å². The molecule has 108 valence electrons. The van der Waals surface area contributed by atoms with E-state index in [0.29, 0.717) is 19.1 Å². The lowest BCUT2D eigenvalue weighted by atomic mass is 10.1. The summed E-state index contributed by atoms with van der Waals surface area (Å²) < 4.78 is 6.53. The second-order valence-corrected chi connectivity index (χ2v) is 4.97. The van der Waals surface area contributed by atoms with Crippen molar-refractivity contribution in [3.63, 3.8) is 0 Å². The largest absolute Gasteiger partial charge is 0.383 e. The maximum Gasteiger partial charge on any atom is 0.268 e. The number of ether oxygens (including phenoxy) is 1. The monoisotopic (exact) mass is 285 g/mol. The molecule has 1 unspecified atom stereocenters. The first-order valence-corrected chi connectivity index (χ1v) is 7.13. The molecule has 0 aliphatic heterocycles. The molecule has 19 heavy (non-hydrogen) atoms. The number of hydrogen-bond acceptors (Lipinski definition) is 5. The van der Waals surface area contributed by atoms with Crippen LogP contribution in [0.15, 0.2) is 17.1 Å². The zero-order valence-corrected chi connectivity index (χ0v) is 12.8. The second kappa shape index (κ2) is 8.22. The van der Waals surface area contributed by atoms with Crippen LogP contribution in [0.3, 0.4) is 0 Å². The van der Waals surface area contributed by atoms with Crippen molar-refractivity contribution in [3.05, 3.63) is 22.6 Å². The molecular weight excluding hydrogens is 262 g/mol. The highest BCUT2D eigenvalue weighted by atomic mass is 32.1. The minimum absolute atomic E-state index is 0.0676. The van der Waals surface area contributed by atoms with Crippen LogP contribution in [0.1, 0.15) is 13.3 Å². The average Bonchev–Trinajstić information content (AvgIpc) is 2.43. The molecular formula is C13H23N3O2S. The third-order valence-electron chi connectivity index (χ3n) is 3.19. The summed E-state index contributed by atoms with van der Waals surface area (Å²) in [4.78, 5) is 14.0. The average molecular weight is 285 g/mol. The molecule has 0 aliphatic rings. The molecule has 0 bridgehead atoms. The molecule has 1 aromatic rings. The summed E-state index contributed by atoms with van der Waals surface area (Å²) in [5.74, 6) is 1.14. The van der Waals surface area contributed by atoms with Crippen molar-refractivity contribution >= 4 is 18.3 Å². The van der Waals surface area contributed by atoms with E-state index in [1.54, 1.807) is 19.4 Å². The van der Waals surface area contributed by atoms with Crippen molar-refractivity contribution in [2.45, 2.75) is 19.9 Å². The van der Waals surface area contributed by atoms with Crippen molar-refractivity contribution in [3.8, 4) is 0 Å². The summed E-state index contributed by atoms with van der Waals surface area (Å²) in [7, 11) is 3.58. The van der Waals surface area contributed by atoms with Gasteiger partial charge in [-0.15, -0.1) is 0 Å². The zero-order chi connectivity index (χ0) is 14.3. The van der Waals surface area contributed by atoms with Crippen LogP contribution >= 0.6 is 12.6 Å². The highest BCUT2D eigenvalue weighted by Crippen LogP contribution is 2.09. The van der Waals surface area contributed by atoms with Crippen molar-refractivity contribution in [2.75, 3.05) is 38.0 Å². The van der Waals surface area contributed by atoms with E-state index in [2.05, 4.69) is 24.7 Å². The summed E-state index contributed by atoms with van der Waals surface area (Å²) in [6, 6.07) is 1.62. The lowest BCUT2D eigenvalue weighted by Crippen LogP contribution is -2.29. The van der Waals surface area contributed by atoms with Gasteiger partial charge in [0.15, 0.2) is 0 Å². The summed E-state index contributed by atoms with van der Waals surface area (Å²) >= 11 is 4.29. The number of methoxy groups -OCH3 is 1. The first-order chi connectivity index (χ1) is 9.12. The standard InChI is InChI=1S/C13H23N3O2S/c1-4-11(10-19)9-16-13(17)7-12(8-14-16)15(2)5-6-18-3/h7-8,11,19H,4-6,9-10H2,1-3H3. The van der Waals surface area contributed by atoms with E-state index in [1.807, 2.05) is 11.9 Å². The maximum absolute atomic E-state index is 12.0. The van der Waals surface area contributed by atoms with Gasteiger partial charge in [-0.05, 0) is 11.7 Å². The van der Waals surface area contributed by atoms with Crippen molar-refractivity contribution in [1.82, 2.24) is 9.78 Å². The van der Waals surface area contributed by atoms with Crippen molar-refractivity contribution in [1.29, 1.82) is 0 Å². The first kappa shape index (κ1) is 16.0. The topological polar surface area (TPSA) is 47.4 Å². The molecule has 0 spiro atoms. The number of hydrogen-bond donors (Lipinski definition) is 1. The van der Waals surface area contributed by atoms with Crippen LogP contribution in [0.25, 0.3) is 0 Å². The Morgan fingerprint density at radius 3 is 2.84 bits per heavy atom. The highest BCUT2D eigenvalue weighted by molar-refractivity contribution is 7.80. The van der Waals surface area contributed by atoms with Gasteiger partial charge in [0.1, 0.15) is 0 Å². The predicted octanol–water partition coefficient (Wildman–Crippen LogP) is 1.28. The molecule has 0 fully saturated rings. The van der Waals surface area contributed by atoms with Gasteiger partial charge >= 0.3 is 0 Å². The Hall–Kier alpha value is -1.01. The van der Waals surface area contributed by atoms with E-state index >= 15 is 0 Å². The molecule has 0 N–H and O–H groups in total. The third kappa shape index (κ3) is 4.87. The smallest absolute Gasteiger partial charge is 0.268 e. The van der Waals surface area contributed by atoms with Gasteiger partial charge in [-0.3, -0.25) is 4.79 Å². The predicted molar refractivity (Wildman–Crippen MR) is 81.3 cm³/mol. The van der Waals surface area contributed by atoms with Gasteiger partial charge in [-0.2, -0.15) is 17.7 Å². The maximum atomic E-state index is 12.0. The summed E-state index contributed by atoms with van der Waals surface area (Å²) in [6.07, 6.45) is 2.72. The Labute approximate surface area is 120 Å². The zero-order valence-electron chi connectivity index (χ0n) is 11.9. The van der Waals surface area contributed by atoms with Gasteiger partial charge in [-0.25, -0.2) is 4.68 Å². The van der Waals surface area contributed by atoms with Crippen molar-refractivity contribution in [2.24, 2.45) is 5.92 Å². The van der Waals surface area contributed by atoms with E-state index < -0.39 is 0 Å². The van der Waals surface area contributed by atoms with E-state index in [1.165, 1.54) is 4.68 Å². The Morgan fingerprint density at radius 2 is 2.32 bits per heavy atom. The lowest BCUT2D eigenvalue weighted by molar-refractivity contribution is 0.206. The lowest BCUT2D eigenvalue weighted by Gasteiger charge is -2.19. The van der Waals surface area contributed by atoms with Crippen molar-refractivity contribution < 1.29 is 4.74 Å². The fourth-order valence-electron chi connectivity index (χ4n) is 1.69. The number of thiol groups is 1. The second-order valence-electron chi connectivity index (χ2n) is 4.61. The normalized spacial score (nSPS) is 12.4. The molecule has 0 amide bonds. The van der Waals surface area contributed by atoms with E-state index in [0.717, 1.165) is 24.4 Å². The third-order valence-corrected chi connectivity index (χ3v) is 3.71. The van der Waals surface area contributed by atoms with Gasteiger partial charge in [0.25, 0.3) is 5.56 Å². The number of anilines is 1. The highest BCUT2D eigenvalue weighted by Gasteiger charge is 2.09. The molecule has 0 aromatic carbocycles. The minimum Gasteiger partial charge on any atom is -0.383 e. The van der Waals surface area contributed by atoms with Gasteiger partial charge in [0.05, 0.1) is 18.5 Å². The van der Waals surface area contributed by atoms with E-state index in [9.17, 15) is 4.79 Å². The first-order valence-electron chi connectivity index (χ1n) is 6.50. The molecule has 1 aromatic heterocycles. The molecule has 1 atom stereocenters. The Balaban J connectivity index is 2.76. The van der Waals surface area contributed by atoms with Crippen LogP contribution in [0.2, 0.25) is 0 Å². The van der Waals surface area contributed by atoms with Crippen LogP contribution in [0.5, 0.6) is 0 Å². The van der Waals surface area contributed by atoms with Crippen LogP contribution < -0.4 is 10.5 Å². The molecule has 6 heteroatoms. The SMILES string of the molecule is CCC(CS)Cn1ncc(N(C)CCOC)cc1=O. The Kier molecular flexibility index (Phi) is 6.94. The molecule has 0 aliphatic carbocycles. The van der Waals surface area contributed by atoms with Gasteiger partial charge < -0.3 is 9.64 Å². The summed E-state index contributed by atoms with van der Waals surface area (Å²) in [5, 5.41) is 4.23. The number of aromatic nitrogens is 2. The van der Waals surface area contributed by atoms with E-state index in [-0.39, 0.29) is 5.56 Å². The van der Waals surface area contributed by atoms with E-state index in [4.69, 9.17) is 4.74 Å². The number of rotatable bonds is 8. The molecule has 0 radical (unpaired) electrons.